The van der Waals surface area contributed by atoms with Crippen LogP contribution >= 0.6 is 0 Å². The van der Waals surface area contributed by atoms with Gasteiger partial charge in [-0.25, -0.2) is 4.79 Å². The van der Waals surface area contributed by atoms with Crippen LogP contribution in [0.5, 0.6) is 0 Å². The molecule has 45 heavy (non-hydrogen) atoms. The second-order valence-corrected chi connectivity index (χ2v) is 11.5. The molecule has 3 aliphatic heterocycles. The molecule has 2 amide bonds. The molecule has 0 spiro atoms. The Morgan fingerprint density at radius 1 is 1.00 bits per heavy atom. The number of fused-ring (bicyclic) bond motifs is 2. The van der Waals surface area contributed by atoms with Crippen LogP contribution in [-0.4, -0.2) is 66.7 Å². The van der Waals surface area contributed by atoms with Crippen LogP contribution in [0.25, 0.3) is 0 Å². The summed E-state index contributed by atoms with van der Waals surface area (Å²) in [4.78, 5) is 42.1. The van der Waals surface area contributed by atoms with E-state index in [1.54, 1.807) is 29.2 Å². The number of piperidine rings is 1. The van der Waals surface area contributed by atoms with Crippen molar-refractivity contribution in [2.75, 3.05) is 25.5 Å². The van der Waals surface area contributed by atoms with E-state index in [-0.39, 0.29) is 29.0 Å². The summed E-state index contributed by atoms with van der Waals surface area (Å²) in [7, 11) is 1.31. The Bertz CT molecular complexity index is 1630. The molecular weight excluding hydrogens is 568 g/mol. The first kappa shape index (κ1) is 29.9. The number of esters is 1. The quantitative estimate of drug-likeness (QED) is 0.279. The van der Waals surface area contributed by atoms with Gasteiger partial charge in [-0.3, -0.25) is 9.59 Å². The molecule has 9 nitrogen and oxygen atoms in total. The van der Waals surface area contributed by atoms with Crippen LogP contribution in [-0.2, 0) is 25.5 Å². The molecule has 0 aliphatic carbocycles. The van der Waals surface area contributed by atoms with Gasteiger partial charge in [0.25, 0.3) is 11.8 Å². The van der Waals surface area contributed by atoms with Gasteiger partial charge in [-0.2, -0.15) is 5.26 Å². The number of hydrogen-bond donors (Lipinski definition) is 2. The summed E-state index contributed by atoms with van der Waals surface area (Å²) in [6.45, 7) is 0.938. The highest BCUT2D eigenvalue weighted by molar-refractivity contribution is 6.07. The SMILES string of the molecule is COC(=O)C1=C(C(=O)NC2CCN(C(=O)c3ccc(C#N)cc3)CC2)C2C=CC1(C(Cc1ccccc1)Nc1ccccc1)O2. The standard InChI is InChI=1S/C36H34N4O5/c1-44-35(43)32-31(33(41)39-28-17-20-40(21-18-28)34(42)26-14-12-25(23-37)13-15-26)29-16-19-36(32,45-29)30(22-24-8-4-2-5-9-24)38-27-10-6-3-7-11-27/h2-16,19,28-30,38H,17-18,20-22H2,1H3,(H,39,41). The Morgan fingerprint density at radius 2 is 1.67 bits per heavy atom. The number of nitriles is 1. The van der Waals surface area contributed by atoms with Crippen LogP contribution in [0.3, 0.4) is 0 Å². The summed E-state index contributed by atoms with van der Waals surface area (Å²) >= 11 is 0. The zero-order chi connectivity index (χ0) is 31.4. The monoisotopic (exact) mass is 602 g/mol. The lowest BCUT2D eigenvalue weighted by molar-refractivity contribution is -0.138. The third-order valence-electron chi connectivity index (χ3n) is 8.71. The maximum Gasteiger partial charge on any atom is 0.337 e. The first-order chi connectivity index (χ1) is 21.9. The predicted octanol–water partition coefficient (Wildman–Crippen LogP) is 4.18. The first-order valence-electron chi connectivity index (χ1n) is 15.1. The van der Waals surface area contributed by atoms with Gasteiger partial charge < -0.3 is 25.0 Å². The average Bonchev–Trinajstić information content (AvgIpc) is 3.67. The Hall–Kier alpha value is -5.20. The van der Waals surface area contributed by atoms with E-state index in [1.165, 1.54) is 7.11 Å². The summed E-state index contributed by atoms with van der Waals surface area (Å²) in [6, 6.07) is 27.7. The van der Waals surface area contributed by atoms with Crippen molar-refractivity contribution >= 4 is 23.5 Å². The third kappa shape index (κ3) is 5.97. The second kappa shape index (κ2) is 12.8. The molecular formula is C36H34N4O5. The Labute approximate surface area is 262 Å². The molecule has 9 heteroatoms. The lowest BCUT2D eigenvalue weighted by Gasteiger charge is -2.36. The molecule has 3 aliphatic rings. The van der Waals surface area contributed by atoms with Crippen molar-refractivity contribution in [1.82, 2.24) is 10.2 Å². The normalized spacial score (nSPS) is 21.2. The van der Waals surface area contributed by atoms with Crippen LogP contribution in [0.2, 0.25) is 0 Å². The molecule has 1 saturated heterocycles. The van der Waals surface area contributed by atoms with Gasteiger partial charge in [-0.1, -0.05) is 54.6 Å². The lowest BCUT2D eigenvalue weighted by Crippen LogP contribution is -2.50. The summed E-state index contributed by atoms with van der Waals surface area (Å²) in [5.74, 6) is -1.09. The van der Waals surface area contributed by atoms with Crippen LogP contribution in [0.1, 0.15) is 34.3 Å². The van der Waals surface area contributed by atoms with Crippen molar-refractivity contribution in [3.8, 4) is 6.07 Å². The van der Waals surface area contributed by atoms with Crippen LogP contribution in [0.4, 0.5) is 5.69 Å². The minimum Gasteiger partial charge on any atom is -0.466 e. The van der Waals surface area contributed by atoms with E-state index in [9.17, 15) is 14.4 Å². The van der Waals surface area contributed by atoms with Gasteiger partial charge in [-0.05, 0) is 67.3 Å². The van der Waals surface area contributed by atoms with E-state index < -0.39 is 23.7 Å². The van der Waals surface area contributed by atoms with Gasteiger partial charge >= 0.3 is 5.97 Å². The summed E-state index contributed by atoms with van der Waals surface area (Å²) in [6.07, 6.45) is 4.66. The lowest BCUT2D eigenvalue weighted by atomic mass is 9.78. The molecule has 0 radical (unpaired) electrons. The maximum absolute atomic E-state index is 13.9. The van der Waals surface area contributed by atoms with Crippen molar-refractivity contribution in [1.29, 1.82) is 5.26 Å². The number of para-hydroxylation sites is 1. The van der Waals surface area contributed by atoms with Gasteiger partial charge in [-0.15, -0.1) is 0 Å². The number of ether oxygens (including phenoxy) is 2. The molecule has 2 bridgehead atoms. The molecule has 2 N–H and O–H groups in total. The highest BCUT2D eigenvalue weighted by Crippen LogP contribution is 2.47. The molecule has 3 heterocycles. The molecule has 3 unspecified atom stereocenters. The van der Waals surface area contributed by atoms with Gasteiger partial charge in [0, 0.05) is 30.4 Å². The van der Waals surface area contributed by atoms with Gasteiger partial charge in [0.15, 0.2) is 0 Å². The summed E-state index contributed by atoms with van der Waals surface area (Å²) in [5, 5.41) is 15.7. The average molecular weight is 603 g/mol. The summed E-state index contributed by atoms with van der Waals surface area (Å²) < 4.78 is 11.8. The van der Waals surface area contributed by atoms with Gasteiger partial charge in [0.2, 0.25) is 0 Å². The number of methoxy groups -OCH3 is 1. The Morgan fingerprint density at radius 3 is 2.31 bits per heavy atom. The smallest absolute Gasteiger partial charge is 0.337 e. The van der Waals surface area contributed by atoms with Crippen molar-refractivity contribution in [3.05, 3.63) is 125 Å². The fourth-order valence-corrected chi connectivity index (χ4v) is 6.41. The van der Waals surface area contributed by atoms with E-state index in [4.69, 9.17) is 14.7 Å². The number of benzene rings is 3. The van der Waals surface area contributed by atoms with Crippen molar-refractivity contribution < 1.29 is 23.9 Å². The van der Waals surface area contributed by atoms with Crippen molar-refractivity contribution in [2.24, 2.45) is 0 Å². The minimum atomic E-state index is -1.23. The number of amides is 2. The van der Waals surface area contributed by atoms with Crippen molar-refractivity contribution in [3.63, 3.8) is 0 Å². The molecule has 0 aromatic heterocycles. The van der Waals surface area contributed by atoms with Crippen LogP contribution < -0.4 is 10.6 Å². The number of anilines is 1. The Kier molecular flexibility index (Phi) is 8.49. The van der Waals surface area contributed by atoms with Gasteiger partial charge in [0.1, 0.15) is 11.7 Å². The Balaban J connectivity index is 1.22. The number of nitrogens with one attached hydrogen (secondary N) is 2. The molecule has 3 aromatic carbocycles. The van der Waals surface area contributed by atoms with E-state index in [2.05, 4.69) is 16.7 Å². The molecule has 3 aromatic rings. The minimum absolute atomic E-state index is 0.107. The van der Waals surface area contributed by atoms with Crippen LogP contribution in [0.15, 0.2) is 108 Å². The first-order valence-corrected chi connectivity index (χ1v) is 15.1. The number of rotatable bonds is 9. The van der Waals surface area contributed by atoms with Crippen molar-refractivity contribution in [2.45, 2.75) is 43.1 Å². The fraction of sp³-hybridized carbons (Fsp3) is 0.278. The van der Waals surface area contributed by atoms with E-state index >= 15 is 0 Å². The number of hydrogen-bond acceptors (Lipinski definition) is 7. The molecule has 3 atom stereocenters. The third-order valence-corrected chi connectivity index (χ3v) is 8.71. The van der Waals surface area contributed by atoms with Crippen LogP contribution in [0, 0.1) is 11.3 Å². The highest BCUT2D eigenvalue weighted by atomic mass is 16.5. The van der Waals surface area contributed by atoms with E-state index in [1.807, 2.05) is 72.8 Å². The number of likely N-dealkylation sites (tertiary alicyclic amines) is 1. The maximum atomic E-state index is 13.9. The number of carbonyl (C=O) groups excluding carboxylic acids is 3. The second-order valence-electron chi connectivity index (χ2n) is 11.5. The molecule has 6 rings (SSSR count). The number of carbonyl (C=O) groups is 3. The molecule has 1 fully saturated rings. The highest BCUT2D eigenvalue weighted by Gasteiger charge is 2.58. The predicted molar refractivity (Wildman–Crippen MR) is 168 cm³/mol. The zero-order valence-corrected chi connectivity index (χ0v) is 24.9. The van der Waals surface area contributed by atoms with E-state index in [0.717, 1.165) is 11.3 Å². The number of nitrogens with zero attached hydrogens (tertiary/aromatic N) is 2. The fourth-order valence-electron chi connectivity index (χ4n) is 6.41. The summed E-state index contributed by atoms with van der Waals surface area (Å²) in [5.41, 5.74) is 2.16. The topological polar surface area (TPSA) is 121 Å². The van der Waals surface area contributed by atoms with E-state index in [0.29, 0.717) is 43.5 Å². The van der Waals surface area contributed by atoms with Gasteiger partial charge in [0.05, 0.1) is 35.9 Å². The largest absolute Gasteiger partial charge is 0.466 e. The molecule has 0 saturated carbocycles. The zero-order valence-electron chi connectivity index (χ0n) is 24.9. The molecule has 228 valence electrons.